The summed E-state index contributed by atoms with van der Waals surface area (Å²) in [6, 6.07) is 11.7. The fraction of sp³-hybridized carbons (Fsp3) is 0.318. The highest BCUT2D eigenvalue weighted by Gasteiger charge is 2.41. The Bertz CT molecular complexity index is 1060. The number of ether oxygens (including phenoxy) is 1. The standard InChI is InChI=1S/C22H20F3N3O4S/c23-22(24,25)32-15-9-7-14(8-10-15)26-18(29)13-28-16-5-1-2-6-17(16)33-19(21(28)31)20(30)27-11-3-4-12-27/h1-2,5-10,19H,3-4,11-13H2,(H,26,29)/t19-/m0/s1. The fourth-order valence-electron chi connectivity index (χ4n) is 3.72. The number of likely N-dealkylation sites (tertiary alicyclic amines) is 1. The van der Waals surface area contributed by atoms with Gasteiger partial charge < -0.3 is 19.9 Å². The van der Waals surface area contributed by atoms with Crippen LogP contribution in [-0.4, -0.2) is 53.9 Å². The largest absolute Gasteiger partial charge is 0.573 e. The number of alkyl halides is 3. The zero-order valence-electron chi connectivity index (χ0n) is 17.3. The van der Waals surface area contributed by atoms with Gasteiger partial charge in [-0.25, -0.2) is 0 Å². The molecule has 174 valence electrons. The zero-order chi connectivity index (χ0) is 23.6. The predicted octanol–water partition coefficient (Wildman–Crippen LogP) is 3.65. The molecule has 2 aliphatic rings. The van der Waals surface area contributed by atoms with Crippen molar-refractivity contribution in [2.75, 3.05) is 29.9 Å². The van der Waals surface area contributed by atoms with Gasteiger partial charge in [0.1, 0.15) is 12.3 Å². The number of carbonyl (C=O) groups is 3. The van der Waals surface area contributed by atoms with Crippen molar-refractivity contribution >= 4 is 40.9 Å². The number of fused-ring (bicyclic) bond motifs is 1. The van der Waals surface area contributed by atoms with Crippen molar-refractivity contribution in [1.29, 1.82) is 0 Å². The molecule has 11 heteroatoms. The summed E-state index contributed by atoms with van der Waals surface area (Å²) in [7, 11) is 0. The summed E-state index contributed by atoms with van der Waals surface area (Å²) in [6.45, 7) is 0.875. The highest BCUT2D eigenvalue weighted by molar-refractivity contribution is 8.01. The number of thioether (sulfide) groups is 1. The van der Waals surface area contributed by atoms with Crippen molar-refractivity contribution in [3.8, 4) is 5.75 Å². The van der Waals surface area contributed by atoms with Crippen molar-refractivity contribution in [2.24, 2.45) is 0 Å². The van der Waals surface area contributed by atoms with Gasteiger partial charge in [-0.15, -0.1) is 24.9 Å². The van der Waals surface area contributed by atoms with Crippen molar-refractivity contribution in [1.82, 2.24) is 4.90 Å². The van der Waals surface area contributed by atoms with Gasteiger partial charge >= 0.3 is 6.36 Å². The molecular formula is C22H20F3N3O4S. The number of hydrogen-bond acceptors (Lipinski definition) is 5. The third kappa shape index (κ3) is 5.41. The number of rotatable bonds is 5. The van der Waals surface area contributed by atoms with Crippen LogP contribution in [-0.2, 0) is 14.4 Å². The van der Waals surface area contributed by atoms with Gasteiger partial charge in [-0.2, -0.15) is 0 Å². The topological polar surface area (TPSA) is 79.0 Å². The molecule has 2 heterocycles. The van der Waals surface area contributed by atoms with E-state index in [1.807, 2.05) is 0 Å². The Hall–Kier alpha value is -3.21. The first-order valence-corrected chi connectivity index (χ1v) is 11.1. The molecule has 1 N–H and O–H groups in total. The summed E-state index contributed by atoms with van der Waals surface area (Å²) in [5.41, 5.74) is 0.772. The van der Waals surface area contributed by atoms with E-state index in [9.17, 15) is 27.6 Å². The lowest BCUT2D eigenvalue weighted by atomic mass is 10.2. The van der Waals surface area contributed by atoms with Gasteiger partial charge in [0.25, 0.3) is 5.91 Å². The van der Waals surface area contributed by atoms with Gasteiger partial charge in [-0.05, 0) is 49.2 Å². The lowest BCUT2D eigenvalue weighted by Crippen LogP contribution is -2.51. The third-order valence-corrected chi connectivity index (χ3v) is 6.44. The Morgan fingerprint density at radius 3 is 2.39 bits per heavy atom. The maximum absolute atomic E-state index is 13.2. The quantitative estimate of drug-likeness (QED) is 0.663. The molecular weight excluding hydrogens is 459 g/mol. The van der Waals surface area contributed by atoms with E-state index >= 15 is 0 Å². The van der Waals surface area contributed by atoms with Crippen LogP contribution in [0.1, 0.15) is 12.8 Å². The number of anilines is 2. The Balaban J connectivity index is 1.48. The van der Waals surface area contributed by atoms with Crippen LogP contribution in [0, 0.1) is 0 Å². The minimum Gasteiger partial charge on any atom is -0.406 e. The van der Waals surface area contributed by atoms with Crippen molar-refractivity contribution in [3.63, 3.8) is 0 Å². The van der Waals surface area contributed by atoms with Crippen LogP contribution in [0.3, 0.4) is 0 Å². The van der Waals surface area contributed by atoms with Crippen LogP contribution in [0.5, 0.6) is 5.75 Å². The third-order valence-electron chi connectivity index (χ3n) is 5.21. The summed E-state index contributed by atoms with van der Waals surface area (Å²) < 4.78 is 40.7. The van der Waals surface area contributed by atoms with Crippen LogP contribution in [0.15, 0.2) is 53.4 Å². The summed E-state index contributed by atoms with van der Waals surface area (Å²) in [4.78, 5) is 42.5. The molecule has 0 aromatic heterocycles. The van der Waals surface area contributed by atoms with E-state index in [1.165, 1.54) is 28.8 Å². The molecule has 4 rings (SSSR count). The van der Waals surface area contributed by atoms with Crippen LogP contribution in [0.4, 0.5) is 24.5 Å². The Morgan fingerprint density at radius 2 is 1.73 bits per heavy atom. The van der Waals surface area contributed by atoms with E-state index in [0.717, 1.165) is 29.9 Å². The predicted molar refractivity (Wildman–Crippen MR) is 116 cm³/mol. The molecule has 0 radical (unpaired) electrons. The minimum absolute atomic E-state index is 0.242. The van der Waals surface area contributed by atoms with E-state index in [0.29, 0.717) is 18.8 Å². The monoisotopic (exact) mass is 479 g/mol. The number of benzene rings is 2. The molecule has 0 bridgehead atoms. The second-order valence-corrected chi connectivity index (χ2v) is 8.69. The Kier molecular flexibility index (Phi) is 6.50. The van der Waals surface area contributed by atoms with Crippen LogP contribution >= 0.6 is 11.8 Å². The molecule has 0 spiro atoms. The van der Waals surface area contributed by atoms with Crippen molar-refractivity contribution in [3.05, 3.63) is 48.5 Å². The van der Waals surface area contributed by atoms with Crippen molar-refractivity contribution < 1.29 is 32.3 Å². The van der Waals surface area contributed by atoms with E-state index < -0.39 is 29.2 Å². The number of para-hydroxylation sites is 1. The summed E-state index contributed by atoms with van der Waals surface area (Å²) in [5.74, 6) is -1.70. The zero-order valence-corrected chi connectivity index (χ0v) is 18.1. The van der Waals surface area contributed by atoms with Crippen molar-refractivity contribution in [2.45, 2.75) is 29.3 Å². The fourth-order valence-corrected chi connectivity index (χ4v) is 4.91. The van der Waals surface area contributed by atoms with Gasteiger partial charge in [-0.3, -0.25) is 14.4 Å². The maximum Gasteiger partial charge on any atom is 0.573 e. The number of carbonyl (C=O) groups excluding carboxylic acids is 3. The number of hydrogen-bond donors (Lipinski definition) is 1. The first-order chi connectivity index (χ1) is 15.7. The molecule has 0 aliphatic carbocycles. The van der Waals surface area contributed by atoms with Gasteiger partial charge in [0.2, 0.25) is 11.8 Å². The normalized spacial score (nSPS) is 18.2. The average molecular weight is 479 g/mol. The summed E-state index contributed by atoms with van der Waals surface area (Å²) in [5, 5.41) is 1.59. The first-order valence-electron chi connectivity index (χ1n) is 10.2. The van der Waals surface area contributed by atoms with Crippen LogP contribution in [0.25, 0.3) is 0 Å². The van der Waals surface area contributed by atoms with E-state index in [2.05, 4.69) is 10.1 Å². The Labute approximate surface area is 191 Å². The lowest BCUT2D eigenvalue weighted by Gasteiger charge is -2.34. The number of halogens is 3. The first kappa shape index (κ1) is 23.0. The number of nitrogens with one attached hydrogen (secondary N) is 1. The molecule has 33 heavy (non-hydrogen) atoms. The van der Waals surface area contributed by atoms with E-state index in [1.54, 1.807) is 29.2 Å². The maximum atomic E-state index is 13.2. The second kappa shape index (κ2) is 9.34. The van der Waals surface area contributed by atoms with E-state index in [4.69, 9.17) is 0 Å². The number of nitrogens with zero attached hydrogens (tertiary/aromatic N) is 2. The molecule has 1 saturated heterocycles. The van der Waals surface area contributed by atoms with Gasteiger partial charge in [0.15, 0.2) is 5.25 Å². The van der Waals surface area contributed by atoms with Gasteiger partial charge in [-0.1, -0.05) is 12.1 Å². The molecule has 1 fully saturated rings. The Morgan fingerprint density at radius 1 is 1.06 bits per heavy atom. The highest BCUT2D eigenvalue weighted by atomic mass is 32.2. The summed E-state index contributed by atoms with van der Waals surface area (Å²) in [6.07, 6.45) is -3.02. The molecule has 2 aromatic carbocycles. The molecule has 3 amide bonds. The molecule has 2 aliphatic heterocycles. The van der Waals surface area contributed by atoms with Crippen LogP contribution < -0.4 is 15.0 Å². The molecule has 7 nitrogen and oxygen atoms in total. The SMILES string of the molecule is O=C(CN1C(=O)[C@H](C(=O)N2CCCC2)Sc2ccccc21)Nc1ccc(OC(F)(F)F)cc1. The molecule has 0 saturated carbocycles. The molecule has 0 unspecified atom stereocenters. The average Bonchev–Trinajstić information content (AvgIpc) is 3.30. The smallest absolute Gasteiger partial charge is 0.406 e. The summed E-state index contributed by atoms with van der Waals surface area (Å²) >= 11 is 1.18. The van der Waals surface area contributed by atoms with Gasteiger partial charge in [0, 0.05) is 23.7 Å². The van der Waals surface area contributed by atoms with Crippen LogP contribution in [0.2, 0.25) is 0 Å². The van der Waals surface area contributed by atoms with Gasteiger partial charge in [0.05, 0.1) is 5.69 Å². The molecule has 1 atom stereocenters. The molecule has 2 aromatic rings. The minimum atomic E-state index is -4.81. The lowest BCUT2D eigenvalue weighted by molar-refractivity contribution is -0.274. The number of amides is 3. The van der Waals surface area contributed by atoms with E-state index in [-0.39, 0.29) is 18.1 Å². The highest BCUT2D eigenvalue weighted by Crippen LogP contribution is 2.40. The second-order valence-electron chi connectivity index (χ2n) is 7.54.